The summed E-state index contributed by atoms with van der Waals surface area (Å²) in [5.41, 5.74) is 1.15. The Labute approximate surface area is 127 Å². The van der Waals surface area contributed by atoms with Gasteiger partial charge in [0, 0.05) is 17.1 Å². The topological polar surface area (TPSA) is 38.3 Å². The SMILES string of the molecule is COc1ccc(CNC(=O)Cc2c(F)cccc2Cl)cc1. The maximum absolute atomic E-state index is 13.6. The number of carbonyl (C=O) groups is 1. The van der Waals surface area contributed by atoms with Crippen molar-refractivity contribution in [3.63, 3.8) is 0 Å². The van der Waals surface area contributed by atoms with Gasteiger partial charge in [-0.1, -0.05) is 29.8 Å². The van der Waals surface area contributed by atoms with Crippen LogP contribution in [0.15, 0.2) is 42.5 Å². The van der Waals surface area contributed by atoms with Crippen molar-refractivity contribution in [2.75, 3.05) is 7.11 Å². The number of nitrogens with one attached hydrogen (secondary N) is 1. The lowest BCUT2D eigenvalue weighted by Crippen LogP contribution is -2.25. The van der Waals surface area contributed by atoms with Crippen molar-refractivity contribution in [2.24, 2.45) is 0 Å². The van der Waals surface area contributed by atoms with Crippen LogP contribution < -0.4 is 10.1 Å². The van der Waals surface area contributed by atoms with Crippen LogP contribution in [0.5, 0.6) is 5.75 Å². The first-order chi connectivity index (χ1) is 10.1. The third-order valence-electron chi connectivity index (χ3n) is 3.05. The fourth-order valence-corrected chi connectivity index (χ4v) is 2.10. The molecule has 2 aromatic rings. The zero-order valence-electron chi connectivity index (χ0n) is 11.5. The van der Waals surface area contributed by atoms with Gasteiger partial charge in [-0.25, -0.2) is 4.39 Å². The van der Waals surface area contributed by atoms with Gasteiger partial charge in [0.15, 0.2) is 0 Å². The summed E-state index contributed by atoms with van der Waals surface area (Å²) in [6, 6.07) is 11.7. The second-order valence-electron chi connectivity index (χ2n) is 4.50. The molecule has 0 spiro atoms. The van der Waals surface area contributed by atoms with Gasteiger partial charge >= 0.3 is 0 Å². The first kappa shape index (κ1) is 15.3. The van der Waals surface area contributed by atoms with E-state index in [0.717, 1.165) is 11.3 Å². The Hall–Kier alpha value is -2.07. The smallest absolute Gasteiger partial charge is 0.224 e. The van der Waals surface area contributed by atoms with Crippen molar-refractivity contribution < 1.29 is 13.9 Å². The van der Waals surface area contributed by atoms with Crippen LogP contribution in [-0.2, 0) is 17.8 Å². The minimum absolute atomic E-state index is 0.0817. The van der Waals surface area contributed by atoms with E-state index < -0.39 is 5.82 Å². The molecule has 2 aromatic carbocycles. The molecule has 21 heavy (non-hydrogen) atoms. The summed E-state index contributed by atoms with van der Waals surface area (Å²) in [5, 5.41) is 2.99. The lowest BCUT2D eigenvalue weighted by molar-refractivity contribution is -0.120. The third kappa shape index (κ3) is 4.20. The Balaban J connectivity index is 1.92. The van der Waals surface area contributed by atoms with E-state index in [1.54, 1.807) is 13.2 Å². The summed E-state index contributed by atoms with van der Waals surface area (Å²) in [5.74, 6) is 0.00290. The molecule has 1 amide bonds. The van der Waals surface area contributed by atoms with Crippen molar-refractivity contribution >= 4 is 17.5 Å². The Morgan fingerprint density at radius 3 is 2.57 bits per heavy atom. The number of hydrogen-bond acceptors (Lipinski definition) is 2. The molecule has 0 aromatic heterocycles. The number of methoxy groups -OCH3 is 1. The normalized spacial score (nSPS) is 10.2. The van der Waals surface area contributed by atoms with Crippen molar-refractivity contribution in [2.45, 2.75) is 13.0 Å². The number of rotatable bonds is 5. The number of carbonyl (C=O) groups excluding carboxylic acids is 1. The molecule has 0 aliphatic heterocycles. The van der Waals surface area contributed by atoms with Gasteiger partial charge in [-0.2, -0.15) is 0 Å². The summed E-state index contributed by atoms with van der Waals surface area (Å²) >= 11 is 5.89. The van der Waals surface area contributed by atoms with Crippen molar-refractivity contribution in [1.29, 1.82) is 0 Å². The molecule has 0 heterocycles. The molecule has 3 nitrogen and oxygen atoms in total. The third-order valence-corrected chi connectivity index (χ3v) is 3.40. The molecule has 0 unspecified atom stereocenters. The van der Waals surface area contributed by atoms with Gasteiger partial charge < -0.3 is 10.1 Å². The lowest BCUT2D eigenvalue weighted by atomic mass is 10.1. The number of hydrogen-bond donors (Lipinski definition) is 1. The van der Waals surface area contributed by atoms with E-state index in [0.29, 0.717) is 6.54 Å². The average Bonchev–Trinajstić information content (AvgIpc) is 2.49. The van der Waals surface area contributed by atoms with Crippen LogP contribution in [0.25, 0.3) is 0 Å². The number of halogens is 2. The molecule has 0 radical (unpaired) electrons. The molecule has 0 aliphatic rings. The van der Waals surface area contributed by atoms with Gasteiger partial charge in [-0.3, -0.25) is 4.79 Å². The van der Waals surface area contributed by atoms with Crippen LogP contribution in [0.4, 0.5) is 4.39 Å². The summed E-state index contributed by atoms with van der Waals surface area (Å²) in [6.07, 6.45) is -0.0817. The van der Waals surface area contributed by atoms with E-state index in [2.05, 4.69) is 5.32 Å². The fourth-order valence-electron chi connectivity index (χ4n) is 1.87. The van der Waals surface area contributed by atoms with Crippen molar-refractivity contribution in [1.82, 2.24) is 5.32 Å². The minimum atomic E-state index is -0.470. The van der Waals surface area contributed by atoms with Gasteiger partial charge in [0.1, 0.15) is 11.6 Å². The number of benzene rings is 2. The van der Waals surface area contributed by atoms with E-state index >= 15 is 0 Å². The van der Waals surface area contributed by atoms with Crippen LogP contribution >= 0.6 is 11.6 Å². The van der Waals surface area contributed by atoms with E-state index in [9.17, 15) is 9.18 Å². The summed E-state index contributed by atoms with van der Waals surface area (Å²) in [6.45, 7) is 0.370. The summed E-state index contributed by atoms with van der Waals surface area (Å²) in [7, 11) is 1.59. The van der Waals surface area contributed by atoms with Crippen LogP contribution in [0.2, 0.25) is 5.02 Å². The maximum atomic E-state index is 13.6. The average molecular weight is 308 g/mol. The van der Waals surface area contributed by atoms with E-state index in [1.807, 2.05) is 24.3 Å². The van der Waals surface area contributed by atoms with Crippen LogP contribution in [0.3, 0.4) is 0 Å². The molecule has 0 bridgehead atoms. The van der Waals surface area contributed by atoms with E-state index in [4.69, 9.17) is 16.3 Å². The molecule has 110 valence electrons. The molecule has 0 atom stereocenters. The first-order valence-electron chi connectivity index (χ1n) is 6.42. The Bertz CT molecular complexity index is 608. The highest BCUT2D eigenvalue weighted by Gasteiger charge is 2.11. The predicted molar refractivity (Wildman–Crippen MR) is 80.0 cm³/mol. The molecule has 0 fully saturated rings. The zero-order valence-corrected chi connectivity index (χ0v) is 12.3. The van der Waals surface area contributed by atoms with Crippen molar-refractivity contribution in [3.8, 4) is 5.75 Å². The Morgan fingerprint density at radius 1 is 1.24 bits per heavy atom. The minimum Gasteiger partial charge on any atom is -0.497 e. The summed E-state index contributed by atoms with van der Waals surface area (Å²) < 4.78 is 18.6. The second-order valence-corrected chi connectivity index (χ2v) is 4.91. The molecular weight excluding hydrogens is 293 g/mol. The molecule has 2 rings (SSSR count). The van der Waals surface area contributed by atoms with Gasteiger partial charge in [0.25, 0.3) is 0 Å². The largest absolute Gasteiger partial charge is 0.497 e. The maximum Gasteiger partial charge on any atom is 0.224 e. The molecule has 0 saturated carbocycles. The highest BCUT2D eigenvalue weighted by atomic mass is 35.5. The van der Waals surface area contributed by atoms with Gasteiger partial charge in [0.2, 0.25) is 5.91 Å². The number of amides is 1. The van der Waals surface area contributed by atoms with Crippen LogP contribution in [0, 0.1) is 5.82 Å². The monoisotopic (exact) mass is 307 g/mol. The zero-order chi connectivity index (χ0) is 15.2. The summed E-state index contributed by atoms with van der Waals surface area (Å²) in [4.78, 5) is 11.9. The van der Waals surface area contributed by atoms with Gasteiger partial charge in [-0.15, -0.1) is 0 Å². The van der Waals surface area contributed by atoms with Gasteiger partial charge in [0.05, 0.1) is 13.5 Å². The predicted octanol–water partition coefficient (Wildman–Crippen LogP) is 3.35. The second kappa shape index (κ2) is 7.09. The highest BCUT2D eigenvalue weighted by molar-refractivity contribution is 6.31. The molecule has 0 aliphatic carbocycles. The quantitative estimate of drug-likeness (QED) is 0.920. The molecule has 1 N–H and O–H groups in total. The van der Waals surface area contributed by atoms with E-state index in [-0.39, 0.29) is 22.9 Å². The van der Waals surface area contributed by atoms with Crippen molar-refractivity contribution in [3.05, 3.63) is 64.4 Å². The molecule has 5 heteroatoms. The Morgan fingerprint density at radius 2 is 1.95 bits per heavy atom. The Kier molecular flexibility index (Phi) is 5.17. The molecule has 0 saturated heterocycles. The standard InChI is InChI=1S/C16H15ClFNO2/c1-21-12-7-5-11(6-8-12)10-19-16(20)9-13-14(17)3-2-4-15(13)18/h2-8H,9-10H2,1H3,(H,19,20). The van der Waals surface area contributed by atoms with Gasteiger partial charge in [-0.05, 0) is 29.8 Å². The van der Waals surface area contributed by atoms with Crippen LogP contribution in [0.1, 0.15) is 11.1 Å². The highest BCUT2D eigenvalue weighted by Crippen LogP contribution is 2.19. The molecular formula is C16H15ClFNO2. The lowest BCUT2D eigenvalue weighted by Gasteiger charge is -2.08. The fraction of sp³-hybridized carbons (Fsp3) is 0.188. The number of ether oxygens (including phenoxy) is 1. The first-order valence-corrected chi connectivity index (χ1v) is 6.80. The van der Waals surface area contributed by atoms with E-state index in [1.165, 1.54) is 12.1 Å². The van der Waals surface area contributed by atoms with Crippen LogP contribution in [-0.4, -0.2) is 13.0 Å².